The first-order valence-electron chi connectivity index (χ1n) is 5.64. The van der Waals surface area contributed by atoms with E-state index in [2.05, 4.69) is 17.9 Å². The molecule has 1 aromatic rings. The zero-order chi connectivity index (χ0) is 12.8. The molecule has 4 heteroatoms. The number of carbonyl (C=O) groups excluding carboxylic acids is 1. The third kappa shape index (κ3) is 3.97. The Labute approximate surface area is 108 Å². The summed E-state index contributed by atoms with van der Waals surface area (Å²) in [5, 5.41) is 2.59. The van der Waals surface area contributed by atoms with Crippen molar-refractivity contribution in [1.82, 2.24) is 5.32 Å². The largest absolute Gasteiger partial charge is 0.496 e. The van der Waals surface area contributed by atoms with Crippen LogP contribution in [0.4, 0.5) is 0 Å². The lowest BCUT2D eigenvalue weighted by Crippen LogP contribution is -2.34. The Hall–Kier alpha value is -1.16. The smallest absolute Gasteiger partial charge is 0.233 e. The van der Waals surface area contributed by atoms with Crippen LogP contribution in [-0.2, 0) is 11.3 Å². The molecule has 1 unspecified atom stereocenters. The number of benzene rings is 1. The Bertz CT molecular complexity index is 379. The number of carbonyl (C=O) groups is 1. The highest BCUT2D eigenvalue weighted by molar-refractivity contribution is 7.81. The summed E-state index contributed by atoms with van der Waals surface area (Å²) >= 11 is 4.27. The van der Waals surface area contributed by atoms with Gasteiger partial charge in [-0.2, -0.15) is 12.6 Å². The third-order valence-electron chi connectivity index (χ3n) is 2.55. The molecular weight excluding hydrogens is 234 g/mol. The summed E-state index contributed by atoms with van der Waals surface area (Å²) in [7, 11) is 1.62. The summed E-state index contributed by atoms with van der Waals surface area (Å²) in [6.45, 7) is 4.41. The molecule has 0 aromatic heterocycles. The lowest BCUT2D eigenvalue weighted by atomic mass is 10.1. The van der Waals surface area contributed by atoms with Crippen LogP contribution in [0.2, 0.25) is 0 Å². The van der Waals surface area contributed by atoms with Crippen molar-refractivity contribution >= 4 is 18.5 Å². The van der Waals surface area contributed by atoms with Gasteiger partial charge in [0.2, 0.25) is 5.91 Å². The van der Waals surface area contributed by atoms with E-state index >= 15 is 0 Å². The van der Waals surface area contributed by atoms with Gasteiger partial charge in [-0.05, 0) is 12.0 Å². The molecule has 0 bridgehead atoms. The van der Waals surface area contributed by atoms with E-state index in [-0.39, 0.29) is 17.1 Å². The fourth-order valence-electron chi connectivity index (χ4n) is 1.44. The average Bonchev–Trinajstić information content (AvgIpc) is 2.35. The SMILES string of the molecule is COc1ccccc1CNC(=O)C(S)C(C)C. The Kier molecular flexibility index (Phi) is 5.35. The van der Waals surface area contributed by atoms with Crippen molar-refractivity contribution in [3.8, 4) is 5.75 Å². The molecule has 1 N–H and O–H groups in total. The first kappa shape index (κ1) is 13.9. The predicted molar refractivity (Wildman–Crippen MR) is 72.5 cm³/mol. The number of methoxy groups -OCH3 is 1. The van der Waals surface area contributed by atoms with Crippen molar-refractivity contribution in [2.75, 3.05) is 7.11 Å². The standard InChI is InChI=1S/C13H19NO2S/c1-9(2)12(17)13(15)14-8-10-6-4-5-7-11(10)16-3/h4-7,9,12,17H,8H2,1-3H3,(H,14,15). The van der Waals surface area contributed by atoms with Crippen molar-refractivity contribution < 1.29 is 9.53 Å². The van der Waals surface area contributed by atoms with Crippen molar-refractivity contribution in [3.63, 3.8) is 0 Å². The Morgan fingerprint density at radius 3 is 2.65 bits per heavy atom. The molecule has 1 rings (SSSR count). The highest BCUT2D eigenvalue weighted by Gasteiger charge is 2.17. The van der Waals surface area contributed by atoms with Crippen LogP contribution < -0.4 is 10.1 Å². The molecule has 0 fully saturated rings. The van der Waals surface area contributed by atoms with Crippen LogP contribution in [0.3, 0.4) is 0 Å². The van der Waals surface area contributed by atoms with Crippen LogP contribution >= 0.6 is 12.6 Å². The van der Waals surface area contributed by atoms with Gasteiger partial charge in [0.25, 0.3) is 0 Å². The molecule has 1 aromatic carbocycles. The van der Waals surface area contributed by atoms with Gasteiger partial charge in [0, 0.05) is 12.1 Å². The molecule has 94 valence electrons. The molecule has 0 aliphatic heterocycles. The number of ether oxygens (including phenoxy) is 1. The number of rotatable bonds is 5. The Morgan fingerprint density at radius 2 is 2.06 bits per heavy atom. The van der Waals surface area contributed by atoms with E-state index in [4.69, 9.17) is 4.74 Å². The second-order valence-electron chi connectivity index (χ2n) is 4.22. The molecule has 1 amide bonds. The summed E-state index contributed by atoms with van der Waals surface area (Å²) < 4.78 is 5.22. The molecule has 0 aliphatic rings. The maximum Gasteiger partial charge on any atom is 0.233 e. The van der Waals surface area contributed by atoms with Gasteiger partial charge in [-0.1, -0.05) is 32.0 Å². The van der Waals surface area contributed by atoms with Gasteiger partial charge in [-0.3, -0.25) is 4.79 Å². The highest BCUT2D eigenvalue weighted by Crippen LogP contribution is 2.17. The summed E-state index contributed by atoms with van der Waals surface area (Å²) in [4.78, 5) is 11.7. The van der Waals surface area contributed by atoms with Gasteiger partial charge in [-0.15, -0.1) is 0 Å². The molecule has 0 radical (unpaired) electrons. The predicted octanol–water partition coefficient (Wildman–Crippen LogP) is 2.27. The maximum absolute atomic E-state index is 11.7. The highest BCUT2D eigenvalue weighted by atomic mass is 32.1. The topological polar surface area (TPSA) is 38.3 Å². The third-order valence-corrected chi connectivity index (χ3v) is 3.38. The Balaban J connectivity index is 2.58. The van der Waals surface area contributed by atoms with Crippen LogP contribution in [-0.4, -0.2) is 18.3 Å². The van der Waals surface area contributed by atoms with Gasteiger partial charge in [0.15, 0.2) is 0 Å². The van der Waals surface area contributed by atoms with Crippen molar-refractivity contribution in [3.05, 3.63) is 29.8 Å². The molecule has 0 aliphatic carbocycles. The van der Waals surface area contributed by atoms with Gasteiger partial charge < -0.3 is 10.1 Å². The van der Waals surface area contributed by atoms with E-state index in [1.807, 2.05) is 38.1 Å². The summed E-state index contributed by atoms with van der Waals surface area (Å²) in [5.74, 6) is 0.957. The molecule has 0 spiro atoms. The van der Waals surface area contributed by atoms with E-state index in [1.54, 1.807) is 7.11 Å². The molecular formula is C13H19NO2S. The van der Waals surface area contributed by atoms with Crippen LogP contribution in [0.5, 0.6) is 5.75 Å². The van der Waals surface area contributed by atoms with Crippen molar-refractivity contribution in [2.24, 2.45) is 5.92 Å². The zero-order valence-electron chi connectivity index (χ0n) is 10.4. The van der Waals surface area contributed by atoms with Gasteiger partial charge >= 0.3 is 0 Å². The van der Waals surface area contributed by atoms with Gasteiger partial charge in [-0.25, -0.2) is 0 Å². The van der Waals surface area contributed by atoms with Crippen LogP contribution in [0.25, 0.3) is 0 Å². The molecule has 1 atom stereocenters. The molecule has 3 nitrogen and oxygen atoms in total. The summed E-state index contributed by atoms with van der Waals surface area (Å²) in [6, 6.07) is 7.63. The lowest BCUT2D eigenvalue weighted by Gasteiger charge is -2.15. The first-order valence-corrected chi connectivity index (χ1v) is 6.15. The molecule has 0 heterocycles. The summed E-state index contributed by atoms with van der Waals surface area (Å²) in [5.41, 5.74) is 0.965. The maximum atomic E-state index is 11.7. The number of nitrogens with one attached hydrogen (secondary N) is 1. The van der Waals surface area contributed by atoms with Gasteiger partial charge in [0.05, 0.1) is 12.4 Å². The minimum atomic E-state index is -0.273. The second kappa shape index (κ2) is 6.55. The number of para-hydroxylation sites is 1. The van der Waals surface area contributed by atoms with Crippen molar-refractivity contribution in [2.45, 2.75) is 25.6 Å². The van der Waals surface area contributed by atoms with Crippen molar-refractivity contribution in [1.29, 1.82) is 0 Å². The zero-order valence-corrected chi connectivity index (χ0v) is 11.3. The minimum Gasteiger partial charge on any atom is -0.496 e. The number of thiol groups is 1. The summed E-state index contributed by atoms with van der Waals surface area (Å²) in [6.07, 6.45) is 0. The normalized spacial score (nSPS) is 12.3. The van der Waals surface area contributed by atoms with E-state index in [0.717, 1.165) is 11.3 Å². The van der Waals surface area contributed by atoms with Crippen LogP contribution in [0.1, 0.15) is 19.4 Å². The monoisotopic (exact) mass is 253 g/mol. The molecule has 0 saturated carbocycles. The van der Waals surface area contributed by atoms with E-state index in [0.29, 0.717) is 6.54 Å². The minimum absolute atomic E-state index is 0.0470. The fraction of sp³-hybridized carbons (Fsp3) is 0.462. The second-order valence-corrected chi connectivity index (χ2v) is 4.77. The van der Waals surface area contributed by atoms with E-state index in [9.17, 15) is 4.79 Å². The fourth-order valence-corrected chi connectivity index (χ4v) is 1.53. The number of amides is 1. The Morgan fingerprint density at radius 1 is 1.41 bits per heavy atom. The lowest BCUT2D eigenvalue weighted by molar-refractivity contribution is -0.121. The van der Waals surface area contributed by atoms with Gasteiger partial charge in [0.1, 0.15) is 5.75 Å². The van der Waals surface area contributed by atoms with Crippen LogP contribution in [0, 0.1) is 5.92 Å². The van der Waals surface area contributed by atoms with E-state index < -0.39 is 0 Å². The quantitative estimate of drug-likeness (QED) is 0.790. The van der Waals surface area contributed by atoms with Crippen LogP contribution in [0.15, 0.2) is 24.3 Å². The van der Waals surface area contributed by atoms with E-state index in [1.165, 1.54) is 0 Å². The molecule has 0 saturated heterocycles. The number of hydrogen-bond acceptors (Lipinski definition) is 3. The average molecular weight is 253 g/mol. The molecule has 17 heavy (non-hydrogen) atoms. The number of hydrogen-bond donors (Lipinski definition) is 2. The first-order chi connectivity index (χ1) is 8.06.